The normalized spacial score (nSPS) is 12.3. The highest BCUT2D eigenvalue weighted by Crippen LogP contribution is 2.23. The van der Waals surface area contributed by atoms with Crippen LogP contribution in [0.5, 0.6) is 0 Å². The third-order valence-electron chi connectivity index (χ3n) is 1.77. The van der Waals surface area contributed by atoms with Crippen LogP contribution >= 0.6 is 11.3 Å². The topological polar surface area (TPSA) is 71.5 Å². The second-order valence-corrected chi connectivity index (χ2v) is 6.86. The van der Waals surface area contributed by atoms with Crippen molar-refractivity contribution in [3.8, 4) is 0 Å². The van der Waals surface area contributed by atoms with E-state index in [4.69, 9.17) is 4.74 Å². The maximum absolute atomic E-state index is 11.5. The summed E-state index contributed by atoms with van der Waals surface area (Å²) in [5.74, 6) is 0. The largest absolute Gasteiger partial charge is 0.444 e. The van der Waals surface area contributed by atoms with Crippen molar-refractivity contribution in [1.29, 1.82) is 0 Å². The lowest BCUT2D eigenvalue weighted by atomic mass is 10.1. The molecule has 0 aliphatic carbocycles. The molecule has 0 aromatic carbocycles. The summed E-state index contributed by atoms with van der Waals surface area (Å²) in [6.45, 7) is 8.86. The van der Waals surface area contributed by atoms with Crippen LogP contribution in [0.1, 0.15) is 39.5 Å². The maximum Gasteiger partial charge on any atom is 0.413 e. The van der Waals surface area contributed by atoms with Gasteiger partial charge in [0.25, 0.3) is 0 Å². The molecule has 5 nitrogen and oxygen atoms in total. The molecule has 0 saturated heterocycles. The number of carbonyl (C=O) groups excluding carboxylic acids is 1. The molecule has 1 aromatic rings. The van der Waals surface area contributed by atoms with Crippen LogP contribution in [-0.4, -0.2) is 27.4 Å². The summed E-state index contributed by atoms with van der Waals surface area (Å²) < 4.78 is 5.12. The molecule has 0 aliphatic heterocycles. The molecule has 0 radical (unpaired) electrons. The van der Waals surface area contributed by atoms with Gasteiger partial charge in [0.05, 0.1) is 5.60 Å². The summed E-state index contributed by atoms with van der Waals surface area (Å²) in [6.07, 6.45) is 1.63. The van der Waals surface area contributed by atoms with Crippen LogP contribution in [0.3, 0.4) is 0 Å². The molecule has 0 saturated carbocycles. The average Bonchev–Trinajstić information content (AvgIpc) is 2.44. The van der Waals surface area contributed by atoms with Crippen LogP contribution in [0.4, 0.5) is 9.93 Å². The van der Waals surface area contributed by atoms with E-state index in [1.54, 1.807) is 40.8 Å². The molecule has 0 unspecified atom stereocenters. The first-order valence-corrected chi connectivity index (χ1v) is 6.54. The molecule has 2 N–H and O–H groups in total. The van der Waals surface area contributed by atoms with Crippen molar-refractivity contribution in [2.75, 3.05) is 5.32 Å². The first kappa shape index (κ1) is 14.9. The van der Waals surface area contributed by atoms with E-state index in [1.807, 2.05) is 0 Å². The second-order valence-electron chi connectivity index (χ2n) is 5.75. The van der Waals surface area contributed by atoms with Gasteiger partial charge >= 0.3 is 6.09 Å². The molecule has 0 bridgehead atoms. The minimum absolute atomic E-state index is 0.475. The van der Waals surface area contributed by atoms with Gasteiger partial charge < -0.3 is 9.84 Å². The van der Waals surface area contributed by atoms with Gasteiger partial charge in [0, 0.05) is 17.5 Å². The number of thiazole rings is 1. The number of hydrogen-bond acceptors (Lipinski definition) is 5. The Morgan fingerprint density at radius 3 is 2.56 bits per heavy atom. The fourth-order valence-corrected chi connectivity index (χ4v) is 2.28. The second kappa shape index (κ2) is 5.24. The minimum atomic E-state index is -0.782. The van der Waals surface area contributed by atoms with E-state index in [1.165, 1.54) is 11.3 Å². The monoisotopic (exact) mass is 272 g/mol. The van der Waals surface area contributed by atoms with Gasteiger partial charge in [-0.05, 0) is 34.6 Å². The summed E-state index contributed by atoms with van der Waals surface area (Å²) in [7, 11) is 0. The van der Waals surface area contributed by atoms with E-state index >= 15 is 0 Å². The van der Waals surface area contributed by atoms with E-state index in [2.05, 4.69) is 10.3 Å². The van der Waals surface area contributed by atoms with E-state index in [-0.39, 0.29) is 0 Å². The van der Waals surface area contributed by atoms with Gasteiger partial charge in [-0.25, -0.2) is 9.78 Å². The summed E-state index contributed by atoms with van der Waals surface area (Å²) in [5.41, 5.74) is -1.31. The summed E-state index contributed by atoms with van der Waals surface area (Å²) in [6, 6.07) is 0. The Hall–Kier alpha value is -1.14. The van der Waals surface area contributed by atoms with Crippen molar-refractivity contribution in [2.45, 2.75) is 52.2 Å². The molecular weight excluding hydrogens is 252 g/mol. The SMILES string of the molecule is CC(C)(O)Cc1cnc(NC(=O)OC(C)(C)C)s1. The van der Waals surface area contributed by atoms with Crippen molar-refractivity contribution in [1.82, 2.24) is 4.98 Å². The first-order valence-electron chi connectivity index (χ1n) is 5.72. The van der Waals surface area contributed by atoms with Crippen LogP contribution < -0.4 is 5.32 Å². The number of aromatic nitrogens is 1. The van der Waals surface area contributed by atoms with Gasteiger partial charge in [-0.15, -0.1) is 11.3 Å². The Balaban J connectivity index is 2.57. The van der Waals surface area contributed by atoms with E-state index in [0.29, 0.717) is 11.6 Å². The summed E-state index contributed by atoms with van der Waals surface area (Å²) in [4.78, 5) is 16.5. The van der Waals surface area contributed by atoms with Crippen LogP contribution in [0, 0.1) is 0 Å². The van der Waals surface area contributed by atoms with Crippen LogP contribution in [-0.2, 0) is 11.2 Å². The van der Waals surface area contributed by atoms with Crippen molar-refractivity contribution < 1.29 is 14.6 Å². The van der Waals surface area contributed by atoms with Crippen molar-refractivity contribution in [3.63, 3.8) is 0 Å². The van der Waals surface area contributed by atoms with Crippen LogP contribution in [0.15, 0.2) is 6.20 Å². The van der Waals surface area contributed by atoms with Gasteiger partial charge in [0.1, 0.15) is 5.60 Å². The number of nitrogens with zero attached hydrogens (tertiary/aromatic N) is 1. The number of amides is 1. The van der Waals surface area contributed by atoms with Gasteiger partial charge in [-0.3, -0.25) is 5.32 Å². The number of carbonyl (C=O) groups is 1. The lowest BCUT2D eigenvalue weighted by molar-refractivity contribution is 0.0635. The molecule has 6 heteroatoms. The molecule has 0 atom stereocenters. The Labute approximate surface area is 111 Å². The van der Waals surface area contributed by atoms with E-state index in [9.17, 15) is 9.90 Å². The number of ether oxygens (including phenoxy) is 1. The molecule has 0 fully saturated rings. The highest BCUT2D eigenvalue weighted by Gasteiger charge is 2.19. The van der Waals surface area contributed by atoms with Gasteiger partial charge in [-0.2, -0.15) is 0 Å². The smallest absolute Gasteiger partial charge is 0.413 e. The Kier molecular flexibility index (Phi) is 4.34. The molecule has 0 aliphatic rings. The Morgan fingerprint density at radius 1 is 1.44 bits per heavy atom. The fourth-order valence-electron chi connectivity index (χ4n) is 1.26. The molecule has 0 spiro atoms. The van der Waals surface area contributed by atoms with E-state index < -0.39 is 17.3 Å². The van der Waals surface area contributed by atoms with Crippen molar-refractivity contribution in [2.24, 2.45) is 0 Å². The van der Waals surface area contributed by atoms with E-state index in [0.717, 1.165) is 4.88 Å². The van der Waals surface area contributed by atoms with Gasteiger partial charge in [0.15, 0.2) is 5.13 Å². The van der Waals surface area contributed by atoms with Crippen molar-refractivity contribution >= 4 is 22.6 Å². The molecule has 102 valence electrons. The molecule has 18 heavy (non-hydrogen) atoms. The third kappa shape index (κ3) is 5.97. The molecule has 1 heterocycles. The first-order chi connectivity index (χ1) is 8.05. The number of anilines is 1. The maximum atomic E-state index is 11.5. The third-order valence-corrected chi connectivity index (χ3v) is 2.68. The molecule has 1 rings (SSSR count). The van der Waals surface area contributed by atoms with Gasteiger partial charge in [-0.1, -0.05) is 0 Å². The van der Waals surface area contributed by atoms with Crippen molar-refractivity contribution in [3.05, 3.63) is 11.1 Å². The molecular formula is C12H20N2O3S. The van der Waals surface area contributed by atoms with Gasteiger partial charge in [0.2, 0.25) is 0 Å². The zero-order valence-electron chi connectivity index (χ0n) is 11.4. The molecule has 1 amide bonds. The Bertz CT molecular complexity index is 416. The quantitative estimate of drug-likeness (QED) is 0.887. The molecule has 1 aromatic heterocycles. The Morgan fingerprint density at radius 2 is 2.06 bits per heavy atom. The number of hydrogen-bond donors (Lipinski definition) is 2. The number of rotatable bonds is 3. The predicted molar refractivity (Wildman–Crippen MR) is 72.0 cm³/mol. The summed E-state index contributed by atoms with van der Waals surface area (Å²) in [5, 5.41) is 12.7. The fraction of sp³-hybridized carbons (Fsp3) is 0.667. The zero-order valence-corrected chi connectivity index (χ0v) is 12.2. The average molecular weight is 272 g/mol. The highest BCUT2D eigenvalue weighted by atomic mass is 32.1. The summed E-state index contributed by atoms with van der Waals surface area (Å²) >= 11 is 1.33. The standard InChI is InChI=1S/C12H20N2O3S/c1-11(2,3)17-10(15)14-9-13-7-8(18-9)6-12(4,5)16/h7,16H,6H2,1-5H3,(H,13,14,15). The lowest BCUT2D eigenvalue weighted by Crippen LogP contribution is -2.27. The number of aliphatic hydroxyl groups is 1. The highest BCUT2D eigenvalue weighted by molar-refractivity contribution is 7.15. The van der Waals surface area contributed by atoms with Crippen LogP contribution in [0.25, 0.3) is 0 Å². The number of nitrogens with one attached hydrogen (secondary N) is 1. The van der Waals surface area contributed by atoms with Crippen LogP contribution in [0.2, 0.25) is 0 Å². The zero-order chi connectivity index (χ0) is 14.0. The lowest BCUT2D eigenvalue weighted by Gasteiger charge is -2.18. The predicted octanol–water partition coefficient (Wildman–Crippen LogP) is 2.80. The minimum Gasteiger partial charge on any atom is -0.444 e.